The smallest absolute Gasteiger partial charge is 0.264 e. The molecule has 4 aromatic carbocycles. The maximum absolute atomic E-state index is 14.7. The van der Waals surface area contributed by atoms with Gasteiger partial charge in [-0.25, -0.2) is 0 Å². The highest BCUT2D eigenvalue weighted by atomic mass is 16.5. The monoisotopic (exact) mass is 602 g/mol. The summed E-state index contributed by atoms with van der Waals surface area (Å²) in [6, 6.07) is 25.6. The van der Waals surface area contributed by atoms with Crippen molar-refractivity contribution in [2.45, 2.75) is 44.3 Å². The van der Waals surface area contributed by atoms with Crippen LogP contribution in [0, 0.1) is 11.8 Å². The summed E-state index contributed by atoms with van der Waals surface area (Å²) in [5.74, 6) is 0.151. The molecule has 3 heterocycles. The SMILES string of the molecule is C=CCN1C(=O)[C@@]2(O[C@@H](CCO)[C@H](C(C)(C)c3ccc(OC)cc3)[C@H]2C)c2cc(N3C(=O)c4cccc5cccc3c45)ccc21. The van der Waals surface area contributed by atoms with Crippen LogP contribution >= 0.6 is 0 Å². The lowest BCUT2D eigenvalue weighted by Crippen LogP contribution is -2.46. The minimum absolute atomic E-state index is 0.0648. The Labute approximate surface area is 263 Å². The number of aliphatic hydroxyl groups is 1. The number of hydrogen-bond acceptors (Lipinski definition) is 5. The van der Waals surface area contributed by atoms with Gasteiger partial charge in [0.2, 0.25) is 0 Å². The number of methoxy groups -OCH3 is 1. The van der Waals surface area contributed by atoms with E-state index in [0.29, 0.717) is 24.2 Å². The van der Waals surface area contributed by atoms with E-state index in [-0.39, 0.29) is 30.3 Å². The summed E-state index contributed by atoms with van der Waals surface area (Å²) in [4.78, 5) is 32.0. The van der Waals surface area contributed by atoms with Gasteiger partial charge in [0, 0.05) is 41.6 Å². The van der Waals surface area contributed by atoms with Gasteiger partial charge < -0.3 is 19.5 Å². The molecule has 45 heavy (non-hydrogen) atoms. The van der Waals surface area contributed by atoms with Gasteiger partial charge >= 0.3 is 0 Å². The number of amides is 2. The van der Waals surface area contributed by atoms with Gasteiger partial charge in [-0.05, 0) is 65.3 Å². The molecule has 1 spiro atoms. The maximum atomic E-state index is 14.7. The number of aliphatic hydroxyl groups excluding tert-OH is 1. The second-order valence-electron chi connectivity index (χ2n) is 12.9. The summed E-state index contributed by atoms with van der Waals surface area (Å²) >= 11 is 0. The van der Waals surface area contributed by atoms with Gasteiger partial charge in [0.15, 0.2) is 5.60 Å². The van der Waals surface area contributed by atoms with Crippen molar-refractivity contribution in [1.29, 1.82) is 0 Å². The van der Waals surface area contributed by atoms with Gasteiger partial charge in [-0.15, -0.1) is 6.58 Å². The molecule has 1 fully saturated rings. The number of benzene rings is 4. The molecule has 2 amide bonds. The van der Waals surface area contributed by atoms with Gasteiger partial charge in [0.25, 0.3) is 11.8 Å². The van der Waals surface area contributed by atoms with Crippen LogP contribution in [0.25, 0.3) is 10.8 Å². The molecule has 0 unspecified atom stereocenters. The molecule has 230 valence electrons. The molecule has 3 aliphatic heterocycles. The second-order valence-corrected chi connectivity index (χ2v) is 12.9. The van der Waals surface area contributed by atoms with Crippen LogP contribution in [0.5, 0.6) is 5.75 Å². The van der Waals surface area contributed by atoms with Crippen LogP contribution in [-0.4, -0.2) is 43.3 Å². The molecule has 7 heteroatoms. The van der Waals surface area contributed by atoms with Crippen LogP contribution in [0.4, 0.5) is 17.1 Å². The lowest BCUT2D eigenvalue weighted by atomic mass is 9.63. The molecular weight excluding hydrogens is 564 g/mol. The number of carbonyl (C=O) groups is 2. The molecule has 4 atom stereocenters. The normalized spacial score (nSPS) is 23.8. The van der Waals surface area contributed by atoms with Crippen LogP contribution in [0.2, 0.25) is 0 Å². The second kappa shape index (κ2) is 10.6. The molecule has 7 nitrogen and oxygen atoms in total. The van der Waals surface area contributed by atoms with Gasteiger partial charge in [0.1, 0.15) is 5.75 Å². The van der Waals surface area contributed by atoms with E-state index in [4.69, 9.17) is 9.47 Å². The third-order valence-electron chi connectivity index (χ3n) is 10.4. The Bertz CT molecular complexity index is 1840. The molecule has 4 aromatic rings. The van der Waals surface area contributed by atoms with Crippen molar-refractivity contribution >= 4 is 39.6 Å². The summed E-state index contributed by atoms with van der Waals surface area (Å²) < 4.78 is 12.4. The number of carbonyl (C=O) groups excluding carboxylic acids is 2. The first-order valence-corrected chi connectivity index (χ1v) is 15.6. The number of nitrogens with zero attached hydrogens (tertiary/aromatic N) is 2. The first-order valence-electron chi connectivity index (χ1n) is 15.6. The minimum atomic E-state index is -1.30. The van der Waals surface area contributed by atoms with Crippen LogP contribution in [-0.2, 0) is 20.5 Å². The fraction of sp³-hybridized carbons (Fsp3) is 0.316. The summed E-state index contributed by atoms with van der Waals surface area (Å²) in [5.41, 5.74) is 3.05. The van der Waals surface area contributed by atoms with E-state index in [9.17, 15) is 14.7 Å². The van der Waals surface area contributed by atoms with E-state index in [1.807, 2.05) is 66.7 Å². The molecular formula is C38H38N2O5. The van der Waals surface area contributed by atoms with E-state index >= 15 is 0 Å². The Morgan fingerprint density at radius 1 is 1.02 bits per heavy atom. The average Bonchev–Trinajstić information content (AvgIpc) is 3.60. The van der Waals surface area contributed by atoms with Gasteiger partial charge in [-0.3, -0.25) is 14.5 Å². The molecule has 0 aliphatic carbocycles. The number of fused-ring (bicyclic) bond motifs is 2. The molecule has 1 saturated heterocycles. The van der Waals surface area contributed by atoms with E-state index in [0.717, 1.165) is 39.0 Å². The summed E-state index contributed by atoms with van der Waals surface area (Å²) in [6.45, 7) is 10.6. The van der Waals surface area contributed by atoms with Crippen molar-refractivity contribution in [1.82, 2.24) is 0 Å². The van der Waals surface area contributed by atoms with Crippen molar-refractivity contribution in [2.75, 3.05) is 30.1 Å². The first kappa shape index (κ1) is 29.3. The Morgan fingerprint density at radius 3 is 2.44 bits per heavy atom. The molecule has 0 radical (unpaired) electrons. The first-order chi connectivity index (χ1) is 21.7. The maximum Gasteiger partial charge on any atom is 0.264 e. The van der Waals surface area contributed by atoms with Crippen molar-refractivity contribution in [2.24, 2.45) is 11.8 Å². The molecule has 0 aromatic heterocycles. The van der Waals surface area contributed by atoms with Crippen LogP contribution in [0.3, 0.4) is 0 Å². The van der Waals surface area contributed by atoms with Crippen LogP contribution < -0.4 is 14.5 Å². The third-order valence-corrected chi connectivity index (χ3v) is 10.4. The van der Waals surface area contributed by atoms with Crippen molar-refractivity contribution in [3.05, 3.63) is 108 Å². The fourth-order valence-electron chi connectivity index (χ4n) is 8.32. The van der Waals surface area contributed by atoms with Crippen molar-refractivity contribution < 1.29 is 24.2 Å². The zero-order chi connectivity index (χ0) is 31.7. The zero-order valence-corrected chi connectivity index (χ0v) is 26.1. The predicted octanol–water partition coefficient (Wildman–Crippen LogP) is 6.88. The highest BCUT2D eigenvalue weighted by Crippen LogP contribution is 2.60. The largest absolute Gasteiger partial charge is 0.497 e. The molecule has 7 rings (SSSR count). The topological polar surface area (TPSA) is 79.3 Å². The Balaban J connectivity index is 1.38. The quantitative estimate of drug-likeness (QED) is 0.223. The number of anilines is 3. The van der Waals surface area contributed by atoms with Gasteiger partial charge in [-0.2, -0.15) is 0 Å². The highest BCUT2D eigenvalue weighted by Gasteiger charge is 2.65. The van der Waals surface area contributed by atoms with Crippen molar-refractivity contribution in [3.8, 4) is 5.75 Å². The predicted molar refractivity (Wildman–Crippen MR) is 176 cm³/mol. The lowest BCUT2D eigenvalue weighted by Gasteiger charge is -2.38. The van der Waals surface area contributed by atoms with E-state index in [2.05, 4.69) is 39.5 Å². The fourth-order valence-corrected chi connectivity index (χ4v) is 8.32. The van der Waals surface area contributed by atoms with Gasteiger partial charge in [-0.1, -0.05) is 63.2 Å². The zero-order valence-electron chi connectivity index (χ0n) is 26.1. The standard InChI is InChI=1S/C38H38N2O5/c1-6-20-39-30-18-15-26(40-31-12-8-10-24-9-7-11-28(33(24)31)35(40)42)22-29(30)38(36(39)43)23(2)34(32(45-38)19-21-41)37(3,4)25-13-16-27(44-5)17-14-25/h6-18,22-23,32,34,41H,1,19-21H2,2-5H3/t23-,32+,34-,38+/m1/s1. The molecule has 0 saturated carbocycles. The van der Waals surface area contributed by atoms with Crippen LogP contribution in [0.1, 0.15) is 48.7 Å². The Kier molecular flexibility index (Phi) is 6.87. The molecule has 1 N–H and O–H groups in total. The summed E-state index contributed by atoms with van der Waals surface area (Å²) in [6.07, 6.45) is 1.72. The number of hydrogen-bond donors (Lipinski definition) is 1. The van der Waals surface area contributed by atoms with E-state index < -0.39 is 17.1 Å². The summed E-state index contributed by atoms with van der Waals surface area (Å²) in [7, 11) is 1.65. The van der Waals surface area contributed by atoms with Crippen LogP contribution in [0.15, 0.2) is 91.5 Å². The highest BCUT2D eigenvalue weighted by molar-refractivity contribution is 6.28. The average molecular weight is 603 g/mol. The molecule has 3 aliphatic rings. The number of ether oxygens (including phenoxy) is 2. The van der Waals surface area contributed by atoms with Gasteiger partial charge in [0.05, 0.1) is 30.2 Å². The summed E-state index contributed by atoms with van der Waals surface area (Å²) in [5, 5.41) is 12.1. The Morgan fingerprint density at radius 2 is 1.76 bits per heavy atom. The Hall–Kier alpha value is -4.46. The van der Waals surface area contributed by atoms with E-state index in [1.54, 1.807) is 23.0 Å². The lowest BCUT2D eigenvalue weighted by molar-refractivity contribution is -0.146. The van der Waals surface area contributed by atoms with E-state index in [1.165, 1.54) is 0 Å². The molecule has 0 bridgehead atoms. The number of rotatable bonds is 8. The third kappa shape index (κ3) is 4.03. The van der Waals surface area contributed by atoms with Crippen molar-refractivity contribution in [3.63, 3.8) is 0 Å². The minimum Gasteiger partial charge on any atom is -0.497 e.